The normalized spacial score (nSPS) is 14.7. The van der Waals surface area contributed by atoms with Crippen LogP contribution in [0.2, 0.25) is 0 Å². The molecule has 12 rings (SSSR count). The fraction of sp³-hybridized carbons (Fsp3) is 0. The van der Waals surface area contributed by atoms with Crippen molar-refractivity contribution in [3.63, 3.8) is 0 Å². The highest BCUT2D eigenvalue weighted by Crippen LogP contribution is 2.44. The number of H-pyrrole nitrogens is 1. The second-order valence-electron chi connectivity index (χ2n) is 15.2. The van der Waals surface area contributed by atoms with Gasteiger partial charge in [0.05, 0.1) is 16.7 Å². The summed E-state index contributed by atoms with van der Waals surface area (Å²) < 4.78 is 4.96. The second-order valence-corrected chi connectivity index (χ2v) is 16.3. The van der Waals surface area contributed by atoms with Crippen LogP contribution in [0.25, 0.3) is 91.7 Å². The first kappa shape index (κ1) is 32.8. The molecular weight excluding hydrogens is 723 g/mol. The number of aromatic nitrogens is 2. The molecule has 11 aromatic rings. The van der Waals surface area contributed by atoms with E-state index in [4.69, 9.17) is 0 Å². The number of allylic oxidation sites excluding steroid dienone is 4. The summed E-state index contributed by atoms with van der Waals surface area (Å²) in [7, 11) is 0. The number of aromatic amines is 1. The summed E-state index contributed by atoms with van der Waals surface area (Å²) in [6.45, 7) is 4.65. The molecule has 1 N–H and O–H groups in total. The van der Waals surface area contributed by atoms with Gasteiger partial charge in [-0.25, -0.2) is 0 Å². The number of nitrogens with zero attached hydrogens (tertiary/aromatic N) is 2. The summed E-state index contributed by atoms with van der Waals surface area (Å²) in [6, 6.07) is 64.1. The van der Waals surface area contributed by atoms with E-state index in [-0.39, 0.29) is 0 Å². The predicted octanol–water partition coefficient (Wildman–Crippen LogP) is 15.2. The molecule has 0 spiro atoms. The van der Waals surface area contributed by atoms with Gasteiger partial charge < -0.3 is 14.5 Å². The first-order chi connectivity index (χ1) is 28.6. The summed E-state index contributed by atoms with van der Waals surface area (Å²) in [5.41, 5.74) is 14.7. The van der Waals surface area contributed by atoms with Crippen molar-refractivity contribution in [3.8, 4) is 16.8 Å². The fourth-order valence-electron chi connectivity index (χ4n) is 9.00. The Balaban J connectivity index is 1.07. The first-order valence-electron chi connectivity index (χ1n) is 19.7. The van der Waals surface area contributed by atoms with Crippen LogP contribution >= 0.6 is 11.3 Å². The molecular formula is C54H35N3S. The Morgan fingerprint density at radius 2 is 1.14 bits per heavy atom. The molecule has 0 radical (unpaired) electrons. The molecule has 4 heteroatoms. The molecule has 58 heavy (non-hydrogen) atoms. The van der Waals surface area contributed by atoms with Gasteiger partial charge in [0.2, 0.25) is 0 Å². The molecule has 0 fully saturated rings. The Labute approximate surface area is 339 Å². The van der Waals surface area contributed by atoms with Gasteiger partial charge in [-0.1, -0.05) is 116 Å². The lowest BCUT2D eigenvalue weighted by Gasteiger charge is -2.28. The zero-order valence-corrected chi connectivity index (χ0v) is 32.3. The van der Waals surface area contributed by atoms with E-state index in [1.807, 2.05) is 11.3 Å². The van der Waals surface area contributed by atoms with E-state index in [1.165, 1.54) is 58.3 Å². The maximum absolute atomic E-state index is 4.65. The molecule has 0 bridgehead atoms. The van der Waals surface area contributed by atoms with Crippen LogP contribution in [0, 0.1) is 0 Å². The fourth-order valence-corrected chi connectivity index (χ4v) is 10.1. The molecule has 0 unspecified atom stereocenters. The second kappa shape index (κ2) is 12.8. The molecule has 3 nitrogen and oxygen atoms in total. The number of hydrogen-bond acceptors (Lipinski definition) is 2. The van der Waals surface area contributed by atoms with E-state index >= 15 is 0 Å². The molecule has 272 valence electrons. The highest BCUT2D eigenvalue weighted by Gasteiger charge is 2.21. The highest BCUT2D eigenvalue weighted by atomic mass is 32.1. The first-order valence-corrected chi connectivity index (χ1v) is 20.5. The summed E-state index contributed by atoms with van der Waals surface area (Å²) >= 11 is 1.85. The number of hydrogen-bond donors (Lipinski definition) is 1. The Hall–Kier alpha value is -7.40. The average molecular weight is 758 g/mol. The molecule has 4 heterocycles. The third-order valence-electron chi connectivity index (χ3n) is 11.8. The van der Waals surface area contributed by atoms with E-state index in [2.05, 4.69) is 215 Å². The van der Waals surface area contributed by atoms with Crippen molar-refractivity contribution in [3.05, 3.63) is 212 Å². The molecule has 3 aromatic heterocycles. The zero-order valence-electron chi connectivity index (χ0n) is 31.5. The van der Waals surface area contributed by atoms with Crippen molar-refractivity contribution < 1.29 is 0 Å². The average Bonchev–Trinajstić information content (AvgIpc) is 3.95. The van der Waals surface area contributed by atoms with Gasteiger partial charge in [0.25, 0.3) is 0 Å². The van der Waals surface area contributed by atoms with Gasteiger partial charge in [-0.2, -0.15) is 0 Å². The third kappa shape index (κ3) is 5.12. The van der Waals surface area contributed by atoms with Crippen molar-refractivity contribution in [1.82, 2.24) is 9.55 Å². The number of benzene rings is 8. The SMILES string of the molecule is C=C1/C=C\C(c2ccc3c(c2)c2ccccc2n3-c2ccccc2)=C/N(c2ccc3sc4ccccc4c3c2)c2cc(-c3ccc4[nH]c5ccccc5c4c3)ccc21. The van der Waals surface area contributed by atoms with Crippen LogP contribution in [-0.2, 0) is 0 Å². The maximum Gasteiger partial charge on any atom is 0.0541 e. The number of thiophene rings is 1. The minimum Gasteiger partial charge on any atom is -0.355 e. The number of rotatable bonds is 4. The van der Waals surface area contributed by atoms with Gasteiger partial charge in [-0.05, 0) is 107 Å². The predicted molar refractivity (Wildman–Crippen MR) is 250 cm³/mol. The summed E-state index contributed by atoms with van der Waals surface area (Å²) in [4.78, 5) is 5.98. The molecule has 0 atom stereocenters. The molecule has 1 aliphatic rings. The van der Waals surface area contributed by atoms with Crippen LogP contribution in [0.3, 0.4) is 0 Å². The zero-order chi connectivity index (χ0) is 38.3. The number of nitrogens with one attached hydrogen (secondary N) is 1. The van der Waals surface area contributed by atoms with Crippen LogP contribution in [0.4, 0.5) is 11.4 Å². The van der Waals surface area contributed by atoms with Gasteiger partial charge in [0, 0.05) is 75.9 Å². The van der Waals surface area contributed by atoms with Crippen molar-refractivity contribution >= 4 is 97.6 Å². The van der Waals surface area contributed by atoms with Gasteiger partial charge in [-0.3, -0.25) is 0 Å². The van der Waals surface area contributed by atoms with Gasteiger partial charge in [0.15, 0.2) is 0 Å². The monoisotopic (exact) mass is 757 g/mol. The molecule has 0 saturated carbocycles. The molecule has 1 aliphatic heterocycles. The lowest BCUT2D eigenvalue weighted by atomic mass is 9.94. The van der Waals surface area contributed by atoms with E-state index in [1.54, 1.807) is 0 Å². The standard InChI is InChI=1S/C54H35N3S/c1-34-19-20-38(36-23-27-51-46(30-36)43-14-6-9-17-50(43)57(51)39-11-3-2-4-12-39)33-56(40-24-28-54-47(32-40)44-15-7-10-18-53(44)58-54)52-31-37(21-25-41(34)52)35-22-26-49-45(29-35)42-13-5-8-16-48(42)55-49/h2-33,55H,1H2/b20-19-,38-33+. The Morgan fingerprint density at radius 3 is 2.05 bits per heavy atom. The van der Waals surface area contributed by atoms with Gasteiger partial charge >= 0.3 is 0 Å². The van der Waals surface area contributed by atoms with Crippen LogP contribution in [0.5, 0.6) is 0 Å². The highest BCUT2D eigenvalue weighted by molar-refractivity contribution is 7.25. The van der Waals surface area contributed by atoms with Crippen molar-refractivity contribution in [1.29, 1.82) is 0 Å². The summed E-state index contributed by atoms with van der Waals surface area (Å²) in [5, 5.41) is 7.47. The summed E-state index contributed by atoms with van der Waals surface area (Å²) in [5.74, 6) is 0. The molecule has 8 aromatic carbocycles. The van der Waals surface area contributed by atoms with E-state index in [0.717, 1.165) is 55.9 Å². The largest absolute Gasteiger partial charge is 0.355 e. The smallest absolute Gasteiger partial charge is 0.0541 e. The number of anilines is 2. The van der Waals surface area contributed by atoms with Crippen molar-refractivity contribution in [2.75, 3.05) is 4.90 Å². The van der Waals surface area contributed by atoms with Crippen LogP contribution in [0.1, 0.15) is 11.1 Å². The van der Waals surface area contributed by atoms with Gasteiger partial charge in [-0.15, -0.1) is 11.3 Å². The van der Waals surface area contributed by atoms with E-state index in [9.17, 15) is 0 Å². The molecule has 0 aliphatic carbocycles. The van der Waals surface area contributed by atoms with Gasteiger partial charge in [0.1, 0.15) is 0 Å². The Bertz CT molecular complexity index is 3540. The van der Waals surface area contributed by atoms with Crippen LogP contribution in [0.15, 0.2) is 201 Å². The number of para-hydroxylation sites is 3. The topological polar surface area (TPSA) is 24.0 Å². The lowest BCUT2D eigenvalue weighted by Crippen LogP contribution is -2.13. The van der Waals surface area contributed by atoms with Crippen LogP contribution < -0.4 is 4.90 Å². The molecule has 0 amide bonds. The number of fused-ring (bicyclic) bond motifs is 10. The van der Waals surface area contributed by atoms with Crippen molar-refractivity contribution in [2.24, 2.45) is 0 Å². The quantitative estimate of drug-likeness (QED) is 0.190. The van der Waals surface area contributed by atoms with Crippen LogP contribution in [-0.4, -0.2) is 9.55 Å². The van der Waals surface area contributed by atoms with Crippen molar-refractivity contribution in [2.45, 2.75) is 0 Å². The minimum absolute atomic E-state index is 0.966. The third-order valence-corrected chi connectivity index (χ3v) is 13.0. The van der Waals surface area contributed by atoms with E-state index < -0.39 is 0 Å². The lowest BCUT2D eigenvalue weighted by molar-refractivity contribution is 1.18. The molecule has 0 saturated heterocycles. The summed E-state index contributed by atoms with van der Waals surface area (Å²) in [6.07, 6.45) is 6.72. The van der Waals surface area contributed by atoms with E-state index in [0.29, 0.717) is 0 Å². The Kier molecular flexibility index (Phi) is 7.25. The maximum atomic E-state index is 4.65. The minimum atomic E-state index is 0.966. The Morgan fingerprint density at radius 1 is 0.448 bits per heavy atom.